The zero-order valence-corrected chi connectivity index (χ0v) is 9.23. The second-order valence-corrected chi connectivity index (χ2v) is 4.49. The van der Waals surface area contributed by atoms with Crippen LogP contribution in [0.2, 0.25) is 0 Å². The van der Waals surface area contributed by atoms with E-state index in [9.17, 15) is 0 Å². The lowest BCUT2D eigenvalue weighted by Gasteiger charge is -2.32. The Balaban J connectivity index is 1.94. The predicted molar refractivity (Wildman–Crippen MR) is 61.7 cm³/mol. The zero-order chi connectivity index (χ0) is 10.7. The van der Waals surface area contributed by atoms with Crippen molar-refractivity contribution in [2.24, 2.45) is 5.73 Å². The standard InChI is InChI=1S/C13H19NO/c1-10-7-12(14)9-13(15-10)8-11-5-3-2-4-6-11/h2-6,10,12-13H,7-9,14H2,1H3. The van der Waals surface area contributed by atoms with Crippen molar-refractivity contribution in [2.45, 2.75) is 44.4 Å². The van der Waals surface area contributed by atoms with Gasteiger partial charge < -0.3 is 10.5 Å². The highest BCUT2D eigenvalue weighted by Gasteiger charge is 2.24. The summed E-state index contributed by atoms with van der Waals surface area (Å²) in [5, 5.41) is 0. The van der Waals surface area contributed by atoms with Gasteiger partial charge in [0.25, 0.3) is 0 Å². The van der Waals surface area contributed by atoms with Crippen LogP contribution in [0.4, 0.5) is 0 Å². The van der Waals surface area contributed by atoms with Crippen molar-refractivity contribution < 1.29 is 4.74 Å². The Labute approximate surface area is 91.4 Å². The molecule has 0 aromatic heterocycles. The van der Waals surface area contributed by atoms with E-state index < -0.39 is 0 Å². The molecule has 82 valence electrons. The number of rotatable bonds is 2. The maximum Gasteiger partial charge on any atom is 0.0633 e. The van der Waals surface area contributed by atoms with Crippen molar-refractivity contribution in [3.63, 3.8) is 0 Å². The smallest absolute Gasteiger partial charge is 0.0633 e. The fraction of sp³-hybridized carbons (Fsp3) is 0.538. The first-order valence-corrected chi connectivity index (χ1v) is 5.69. The van der Waals surface area contributed by atoms with Crippen LogP contribution in [0.1, 0.15) is 25.3 Å². The third-order valence-electron chi connectivity index (χ3n) is 2.93. The topological polar surface area (TPSA) is 35.2 Å². The average Bonchev–Trinajstić information content (AvgIpc) is 2.17. The molecule has 2 rings (SSSR count). The maximum absolute atomic E-state index is 5.99. The van der Waals surface area contributed by atoms with Crippen LogP contribution in [0.25, 0.3) is 0 Å². The Morgan fingerprint density at radius 2 is 2.00 bits per heavy atom. The van der Waals surface area contributed by atoms with Crippen LogP contribution in [0.3, 0.4) is 0 Å². The van der Waals surface area contributed by atoms with Gasteiger partial charge in [-0.2, -0.15) is 0 Å². The van der Waals surface area contributed by atoms with Gasteiger partial charge in [-0.15, -0.1) is 0 Å². The summed E-state index contributed by atoms with van der Waals surface area (Å²) < 4.78 is 5.88. The number of hydrogen-bond donors (Lipinski definition) is 1. The van der Waals surface area contributed by atoms with E-state index in [1.165, 1.54) is 5.56 Å². The van der Waals surface area contributed by atoms with E-state index in [1.54, 1.807) is 0 Å². The maximum atomic E-state index is 5.99. The zero-order valence-electron chi connectivity index (χ0n) is 9.23. The van der Waals surface area contributed by atoms with E-state index >= 15 is 0 Å². The molecule has 1 aromatic rings. The number of benzene rings is 1. The third-order valence-corrected chi connectivity index (χ3v) is 2.93. The summed E-state index contributed by atoms with van der Waals surface area (Å²) in [7, 11) is 0. The molecule has 0 aliphatic carbocycles. The Bertz CT molecular complexity index is 289. The van der Waals surface area contributed by atoms with Crippen molar-refractivity contribution in [1.82, 2.24) is 0 Å². The molecule has 1 heterocycles. The molecule has 1 aliphatic rings. The van der Waals surface area contributed by atoms with E-state index in [-0.39, 0.29) is 0 Å². The van der Waals surface area contributed by atoms with Crippen LogP contribution in [0.15, 0.2) is 30.3 Å². The van der Waals surface area contributed by atoms with E-state index in [1.807, 2.05) is 6.07 Å². The quantitative estimate of drug-likeness (QED) is 0.802. The van der Waals surface area contributed by atoms with Crippen molar-refractivity contribution >= 4 is 0 Å². The lowest BCUT2D eigenvalue weighted by Crippen LogP contribution is -2.39. The third kappa shape index (κ3) is 3.05. The fourth-order valence-electron chi connectivity index (χ4n) is 2.31. The minimum absolute atomic E-state index is 0.297. The van der Waals surface area contributed by atoms with Crippen molar-refractivity contribution in [1.29, 1.82) is 0 Å². The number of ether oxygens (including phenoxy) is 1. The number of nitrogens with two attached hydrogens (primary N) is 1. The molecule has 2 N–H and O–H groups in total. The predicted octanol–water partition coefficient (Wildman–Crippen LogP) is 2.12. The van der Waals surface area contributed by atoms with E-state index in [2.05, 4.69) is 31.2 Å². The first kappa shape index (κ1) is 10.7. The van der Waals surface area contributed by atoms with E-state index in [4.69, 9.17) is 10.5 Å². The molecule has 1 aliphatic heterocycles. The van der Waals surface area contributed by atoms with Crippen LogP contribution in [0.5, 0.6) is 0 Å². The molecular weight excluding hydrogens is 186 g/mol. The highest BCUT2D eigenvalue weighted by atomic mass is 16.5. The normalized spacial score (nSPS) is 31.5. The molecule has 3 unspecified atom stereocenters. The molecule has 0 radical (unpaired) electrons. The van der Waals surface area contributed by atoms with Crippen LogP contribution in [0, 0.1) is 0 Å². The van der Waals surface area contributed by atoms with Gasteiger partial charge in [0.15, 0.2) is 0 Å². The van der Waals surface area contributed by atoms with Crippen molar-refractivity contribution in [3.8, 4) is 0 Å². The van der Waals surface area contributed by atoms with Crippen LogP contribution < -0.4 is 5.73 Å². The lowest BCUT2D eigenvalue weighted by molar-refractivity contribution is -0.0458. The number of hydrogen-bond acceptors (Lipinski definition) is 2. The molecule has 0 amide bonds. The Hall–Kier alpha value is -0.860. The summed E-state index contributed by atoms with van der Waals surface area (Å²) in [6.07, 6.45) is 3.57. The largest absolute Gasteiger partial charge is 0.375 e. The fourth-order valence-corrected chi connectivity index (χ4v) is 2.31. The molecule has 15 heavy (non-hydrogen) atoms. The second kappa shape index (κ2) is 4.77. The monoisotopic (exact) mass is 205 g/mol. The molecule has 1 saturated heterocycles. The molecule has 2 heteroatoms. The molecule has 0 saturated carbocycles. The summed E-state index contributed by atoms with van der Waals surface area (Å²) in [5.41, 5.74) is 7.33. The Morgan fingerprint density at radius 1 is 1.27 bits per heavy atom. The van der Waals surface area contributed by atoms with Gasteiger partial charge in [-0.3, -0.25) is 0 Å². The van der Waals surface area contributed by atoms with Crippen molar-refractivity contribution in [2.75, 3.05) is 0 Å². The summed E-state index contributed by atoms with van der Waals surface area (Å²) in [6.45, 7) is 2.11. The molecule has 0 bridgehead atoms. The molecule has 3 atom stereocenters. The average molecular weight is 205 g/mol. The minimum Gasteiger partial charge on any atom is -0.375 e. The van der Waals surface area contributed by atoms with Gasteiger partial charge in [-0.05, 0) is 31.7 Å². The molecule has 0 spiro atoms. The first-order chi connectivity index (χ1) is 7.24. The summed E-state index contributed by atoms with van der Waals surface area (Å²) in [5.74, 6) is 0. The minimum atomic E-state index is 0.297. The van der Waals surface area contributed by atoms with Gasteiger partial charge in [-0.25, -0.2) is 0 Å². The van der Waals surface area contributed by atoms with Gasteiger partial charge in [-0.1, -0.05) is 30.3 Å². The van der Waals surface area contributed by atoms with Crippen molar-refractivity contribution in [3.05, 3.63) is 35.9 Å². The van der Waals surface area contributed by atoms with Gasteiger partial charge in [0, 0.05) is 6.04 Å². The molecule has 1 aromatic carbocycles. The highest BCUT2D eigenvalue weighted by Crippen LogP contribution is 2.20. The van der Waals surface area contributed by atoms with Gasteiger partial charge in [0.1, 0.15) is 0 Å². The molecular formula is C13H19NO. The first-order valence-electron chi connectivity index (χ1n) is 5.69. The van der Waals surface area contributed by atoms with Crippen LogP contribution in [-0.2, 0) is 11.2 Å². The second-order valence-electron chi connectivity index (χ2n) is 4.49. The summed E-state index contributed by atoms with van der Waals surface area (Å²) >= 11 is 0. The van der Waals surface area contributed by atoms with Gasteiger partial charge >= 0.3 is 0 Å². The SMILES string of the molecule is CC1CC(N)CC(Cc2ccccc2)O1. The summed E-state index contributed by atoms with van der Waals surface area (Å²) in [6, 6.07) is 10.8. The van der Waals surface area contributed by atoms with Crippen LogP contribution in [-0.4, -0.2) is 18.2 Å². The summed E-state index contributed by atoms with van der Waals surface area (Å²) in [4.78, 5) is 0. The molecule has 2 nitrogen and oxygen atoms in total. The van der Waals surface area contributed by atoms with Gasteiger partial charge in [0.2, 0.25) is 0 Å². The lowest BCUT2D eigenvalue weighted by atomic mass is 9.96. The Morgan fingerprint density at radius 3 is 2.67 bits per heavy atom. The van der Waals surface area contributed by atoms with Gasteiger partial charge in [0.05, 0.1) is 12.2 Å². The highest BCUT2D eigenvalue weighted by molar-refractivity contribution is 5.15. The Kier molecular flexibility index (Phi) is 3.39. The van der Waals surface area contributed by atoms with E-state index in [0.29, 0.717) is 18.2 Å². The molecule has 1 fully saturated rings. The van der Waals surface area contributed by atoms with E-state index in [0.717, 1.165) is 19.3 Å². The van der Waals surface area contributed by atoms with Crippen LogP contribution >= 0.6 is 0 Å².